The normalized spacial score (nSPS) is 10.2. The van der Waals surface area contributed by atoms with Crippen molar-refractivity contribution in [2.75, 3.05) is 24.2 Å². The zero-order valence-corrected chi connectivity index (χ0v) is 15.2. The number of carbonyl (C=O) groups is 2. The van der Waals surface area contributed by atoms with Gasteiger partial charge in [0, 0.05) is 25.3 Å². The number of H-pyrrole nitrogens is 1. The van der Waals surface area contributed by atoms with Crippen LogP contribution in [0.2, 0.25) is 0 Å². The van der Waals surface area contributed by atoms with Gasteiger partial charge in [-0.2, -0.15) is 0 Å². The van der Waals surface area contributed by atoms with E-state index in [1.54, 1.807) is 13.1 Å². The van der Waals surface area contributed by atoms with Crippen LogP contribution in [0.1, 0.15) is 5.69 Å². The van der Waals surface area contributed by atoms with Crippen molar-refractivity contribution in [2.45, 2.75) is 11.6 Å². The van der Waals surface area contributed by atoms with Gasteiger partial charge < -0.3 is 15.2 Å². The molecular formula is C18H20N4O3S. The maximum absolute atomic E-state index is 12.3. The molecular weight excluding hydrogens is 352 g/mol. The van der Waals surface area contributed by atoms with E-state index in [0.717, 1.165) is 17.4 Å². The van der Waals surface area contributed by atoms with Crippen LogP contribution in [0.5, 0.6) is 0 Å². The molecule has 0 saturated heterocycles. The maximum Gasteiger partial charge on any atom is 0.251 e. The lowest BCUT2D eigenvalue weighted by Crippen LogP contribution is -2.28. The molecule has 0 aliphatic carbocycles. The molecule has 0 aliphatic heterocycles. The highest BCUT2D eigenvalue weighted by molar-refractivity contribution is 7.99. The lowest BCUT2D eigenvalue weighted by molar-refractivity contribution is -0.120. The fourth-order valence-electron chi connectivity index (χ4n) is 2.08. The number of rotatable bonds is 8. The van der Waals surface area contributed by atoms with Crippen LogP contribution in [0, 0.1) is 0 Å². The smallest absolute Gasteiger partial charge is 0.251 e. The molecule has 0 radical (unpaired) electrons. The van der Waals surface area contributed by atoms with Gasteiger partial charge in [0.15, 0.2) is 5.16 Å². The molecule has 0 unspecified atom stereocenters. The monoisotopic (exact) mass is 372 g/mol. The number of anilines is 1. The average molecular weight is 372 g/mol. The van der Waals surface area contributed by atoms with Crippen LogP contribution in [0.4, 0.5) is 5.69 Å². The fraction of sp³-hybridized carbons (Fsp3) is 0.222. The molecule has 1 heterocycles. The van der Waals surface area contributed by atoms with Gasteiger partial charge in [0.25, 0.3) is 5.56 Å². The number of thioether (sulfide) groups is 1. The summed E-state index contributed by atoms with van der Waals surface area (Å²) in [6.45, 7) is 3.87. The molecule has 0 aliphatic rings. The number of aromatic amines is 1. The summed E-state index contributed by atoms with van der Waals surface area (Å²) >= 11 is 1.12. The molecule has 1 aromatic carbocycles. The number of amides is 2. The third-order valence-electron chi connectivity index (χ3n) is 3.41. The van der Waals surface area contributed by atoms with E-state index >= 15 is 0 Å². The molecule has 2 amide bonds. The van der Waals surface area contributed by atoms with E-state index in [9.17, 15) is 14.4 Å². The first kappa shape index (κ1) is 19.5. The van der Waals surface area contributed by atoms with Crippen molar-refractivity contribution in [3.8, 4) is 0 Å². The van der Waals surface area contributed by atoms with E-state index in [4.69, 9.17) is 0 Å². The van der Waals surface area contributed by atoms with Crippen LogP contribution in [0.25, 0.3) is 0 Å². The Balaban J connectivity index is 1.98. The summed E-state index contributed by atoms with van der Waals surface area (Å²) < 4.78 is 0. The first-order valence-electron chi connectivity index (χ1n) is 7.92. The number of nitrogens with one attached hydrogen (secondary N) is 2. The summed E-state index contributed by atoms with van der Waals surface area (Å²) in [6, 6.07) is 10.5. The van der Waals surface area contributed by atoms with Gasteiger partial charge in [-0.1, -0.05) is 36.0 Å². The van der Waals surface area contributed by atoms with Gasteiger partial charge in [-0.05, 0) is 12.1 Å². The van der Waals surface area contributed by atoms with Crippen molar-refractivity contribution in [3.63, 3.8) is 0 Å². The topological polar surface area (TPSA) is 95.2 Å². The van der Waals surface area contributed by atoms with Crippen molar-refractivity contribution < 1.29 is 9.59 Å². The molecule has 2 N–H and O–H groups in total. The minimum atomic E-state index is -0.363. The van der Waals surface area contributed by atoms with E-state index in [2.05, 4.69) is 21.9 Å². The Hall–Kier alpha value is -2.87. The molecule has 136 valence electrons. The van der Waals surface area contributed by atoms with Gasteiger partial charge >= 0.3 is 0 Å². The number of aromatic nitrogens is 2. The summed E-state index contributed by atoms with van der Waals surface area (Å²) in [5, 5.41) is 2.93. The molecule has 0 fully saturated rings. The minimum absolute atomic E-state index is 0.0107. The first-order chi connectivity index (χ1) is 12.5. The van der Waals surface area contributed by atoms with E-state index in [0.29, 0.717) is 17.4 Å². The standard InChI is InChI=1S/C18H20N4O3S/c1-3-9-19-15(23)10-13-11-16(24)21-18(20-13)26-12-17(25)22(2)14-7-5-4-6-8-14/h3-8,11H,1,9-10,12H2,2H3,(H,19,23)(H,20,21,24). The van der Waals surface area contributed by atoms with E-state index in [1.165, 1.54) is 11.0 Å². The number of hydrogen-bond acceptors (Lipinski definition) is 5. The maximum atomic E-state index is 12.3. The number of para-hydroxylation sites is 1. The zero-order chi connectivity index (χ0) is 18.9. The first-order valence-corrected chi connectivity index (χ1v) is 8.90. The lowest BCUT2D eigenvalue weighted by atomic mass is 10.3. The Morgan fingerprint density at radius 3 is 2.77 bits per heavy atom. The molecule has 7 nitrogen and oxygen atoms in total. The number of carbonyl (C=O) groups excluding carboxylic acids is 2. The van der Waals surface area contributed by atoms with Gasteiger partial charge in [-0.25, -0.2) is 4.98 Å². The Labute approximate surface area is 155 Å². The highest BCUT2D eigenvalue weighted by Gasteiger charge is 2.13. The van der Waals surface area contributed by atoms with Crippen LogP contribution in [0.15, 0.2) is 59.0 Å². The number of hydrogen-bond donors (Lipinski definition) is 2. The molecule has 2 rings (SSSR count). The summed E-state index contributed by atoms with van der Waals surface area (Å²) in [7, 11) is 1.69. The highest BCUT2D eigenvalue weighted by atomic mass is 32.2. The fourth-order valence-corrected chi connectivity index (χ4v) is 2.89. The third kappa shape index (κ3) is 5.89. The largest absolute Gasteiger partial charge is 0.352 e. The second-order valence-corrected chi connectivity index (χ2v) is 6.35. The quantitative estimate of drug-likeness (QED) is 0.415. The lowest BCUT2D eigenvalue weighted by Gasteiger charge is -2.16. The second kappa shape index (κ2) is 9.57. The van der Waals surface area contributed by atoms with Crippen LogP contribution in [0.3, 0.4) is 0 Å². The Bertz CT molecular complexity index is 836. The van der Waals surface area contributed by atoms with E-state index < -0.39 is 0 Å². The highest BCUT2D eigenvalue weighted by Crippen LogP contribution is 2.16. The van der Waals surface area contributed by atoms with Crippen LogP contribution in [-0.2, 0) is 16.0 Å². The molecule has 8 heteroatoms. The molecule has 0 saturated carbocycles. The van der Waals surface area contributed by atoms with Crippen molar-refractivity contribution in [1.82, 2.24) is 15.3 Å². The van der Waals surface area contributed by atoms with Crippen LogP contribution < -0.4 is 15.8 Å². The summed E-state index contributed by atoms with van der Waals surface area (Å²) in [5.74, 6) is -0.266. The van der Waals surface area contributed by atoms with E-state index in [1.807, 2.05) is 30.3 Å². The van der Waals surface area contributed by atoms with Crippen LogP contribution >= 0.6 is 11.8 Å². The molecule has 26 heavy (non-hydrogen) atoms. The molecule has 1 aromatic heterocycles. The average Bonchev–Trinajstić information content (AvgIpc) is 2.64. The van der Waals surface area contributed by atoms with Gasteiger partial charge in [-0.15, -0.1) is 6.58 Å². The SMILES string of the molecule is C=CCNC(=O)Cc1cc(=O)[nH]c(SCC(=O)N(C)c2ccccc2)n1. The van der Waals surface area contributed by atoms with Crippen molar-refractivity contribution in [3.05, 3.63) is 65.1 Å². The van der Waals surface area contributed by atoms with Crippen molar-refractivity contribution in [1.29, 1.82) is 0 Å². The molecule has 2 aromatic rings. The van der Waals surface area contributed by atoms with Gasteiger partial charge in [0.2, 0.25) is 11.8 Å². The molecule has 0 atom stereocenters. The third-order valence-corrected chi connectivity index (χ3v) is 4.27. The van der Waals surface area contributed by atoms with Crippen LogP contribution in [-0.4, -0.2) is 41.1 Å². The van der Waals surface area contributed by atoms with Gasteiger partial charge in [0.1, 0.15) is 0 Å². The summed E-state index contributed by atoms with van der Waals surface area (Å²) in [6.07, 6.45) is 1.56. The molecule has 0 bridgehead atoms. The Kier molecular flexibility index (Phi) is 7.16. The van der Waals surface area contributed by atoms with E-state index in [-0.39, 0.29) is 29.5 Å². The zero-order valence-electron chi connectivity index (χ0n) is 14.4. The summed E-state index contributed by atoms with van der Waals surface area (Å²) in [4.78, 5) is 44.1. The van der Waals surface area contributed by atoms with Crippen molar-refractivity contribution in [2.24, 2.45) is 0 Å². The predicted molar refractivity (Wildman–Crippen MR) is 102 cm³/mol. The van der Waals surface area contributed by atoms with Crippen molar-refractivity contribution >= 4 is 29.3 Å². The van der Waals surface area contributed by atoms with Gasteiger partial charge in [0.05, 0.1) is 17.9 Å². The predicted octanol–water partition coefficient (Wildman–Crippen LogP) is 1.37. The Morgan fingerprint density at radius 1 is 1.35 bits per heavy atom. The molecule has 0 spiro atoms. The number of nitrogens with zero attached hydrogens (tertiary/aromatic N) is 2. The van der Waals surface area contributed by atoms with Gasteiger partial charge in [-0.3, -0.25) is 14.4 Å². The Morgan fingerprint density at radius 2 is 2.08 bits per heavy atom. The minimum Gasteiger partial charge on any atom is -0.352 e. The second-order valence-electron chi connectivity index (χ2n) is 5.39. The number of benzene rings is 1. The summed E-state index contributed by atoms with van der Waals surface area (Å²) in [5.41, 5.74) is 0.770.